The SMILES string of the molecule is O=C(Cc1c(Cl)cccc1Cl)N1CCCC1c1ccc(F)cc1. The number of rotatable bonds is 3. The van der Waals surface area contributed by atoms with Crippen LogP contribution in [-0.2, 0) is 11.2 Å². The predicted molar refractivity (Wildman–Crippen MR) is 90.3 cm³/mol. The Morgan fingerprint density at radius 3 is 2.43 bits per heavy atom. The lowest BCUT2D eigenvalue weighted by molar-refractivity contribution is -0.131. The number of benzene rings is 2. The summed E-state index contributed by atoms with van der Waals surface area (Å²) in [6, 6.07) is 11.6. The standard InChI is InChI=1S/C18H16Cl2FNO/c19-15-3-1-4-16(20)14(15)11-18(23)22-10-2-5-17(22)12-6-8-13(21)9-7-12/h1,3-4,6-9,17H,2,5,10-11H2. The van der Waals surface area contributed by atoms with Gasteiger partial charge in [0.25, 0.3) is 0 Å². The summed E-state index contributed by atoms with van der Waals surface area (Å²) in [6.07, 6.45) is 1.99. The fourth-order valence-electron chi connectivity index (χ4n) is 3.05. The Morgan fingerprint density at radius 1 is 1.13 bits per heavy atom. The van der Waals surface area contributed by atoms with E-state index in [2.05, 4.69) is 0 Å². The van der Waals surface area contributed by atoms with Gasteiger partial charge in [-0.25, -0.2) is 4.39 Å². The van der Waals surface area contributed by atoms with Crippen molar-refractivity contribution in [3.05, 3.63) is 69.5 Å². The summed E-state index contributed by atoms with van der Waals surface area (Å²) >= 11 is 12.3. The molecular formula is C18H16Cl2FNO. The lowest BCUT2D eigenvalue weighted by Crippen LogP contribution is -2.32. The molecule has 1 amide bonds. The first kappa shape index (κ1) is 16.3. The van der Waals surface area contributed by atoms with E-state index in [1.807, 2.05) is 4.90 Å². The molecule has 1 aliphatic heterocycles. The summed E-state index contributed by atoms with van der Waals surface area (Å²) in [6.45, 7) is 0.697. The molecule has 2 aromatic rings. The first-order valence-corrected chi connectivity index (χ1v) is 8.29. The van der Waals surface area contributed by atoms with Gasteiger partial charge in [0.15, 0.2) is 0 Å². The highest BCUT2D eigenvalue weighted by Gasteiger charge is 2.30. The van der Waals surface area contributed by atoms with Gasteiger partial charge in [0.05, 0.1) is 12.5 Å². The number of hydrogen-bond acceptors (Lipinski definition) is 1. The summed E-state index contributed by atoms with van der Waals surface area (Å²) in [5.74, 6) is -0.278. The van der Waals surface area contributed by atoms with Crippen LogP contribution in [0.1, 0.15) is 30.0 Å². The normalized spacial score (nSPS) is 17.5. The zero-order chi connectivity index (χ0) is 16.4. The molecule has 0 radical (unpaired) electrons. The summed E-state index contributed by atoms with van der Waals surface area (Å²) in [7, 11) is 0. The minimum Gasteiger partial charge on any atom is -0.335 e. The monoisotopic (exact) mass is 351 g/mol. The molecule has 2 aromatic carbocycles. The molecule has 0 aromatic heterocycles. The lowest BCUT2D eigenvalue weighted by atomic mass is 10.0. The van der Waals surface area contributed by atoms with Crippen LogP contribution < -0.4 is 0 Å². The Hall–Kier alpha value is -1.58. The molecular weight excluding hydrogens is 336 g/mol. The van der Waals surface area contributed by atoms with E-state index < -0.39 is 0 Å². The third-order valence-electron chi connectivity index (χ3n) is 4.22. The van der Waals surface area contributed by atoms with E-state index in [9.17, 15) is 9.18 Å². The second-order valence-corrected chi connectivity index (χ2v) is 6.49. The number of carbonyl (C=O) groups excluding carboxylic acids is 1. The Labute approximate surface area is 144 Å². The Balaban J connectivity index is 1.80. The van der Waals surface area contributed by atoms with Gasteiger partial charge in [0.2, 0.25) is 5.91 Å². The average molecular weight is 352 g/mol. The number of carbonyl (C=O) groups is 1. The van der Waals surface area contributed by atoms with Crippen molar-refractivity contribution in [2.45, 2.75) is 25.3 Å². The molecule has 1 unspecified atom stereocenters. The van der Waals surface area contributed by atoms with E-state index in [-0.39, 0.29) is 24.2 Å². The topological polar surface area (TPSA) is 20.3 Å². The van der Waals surface area contributed by atoms with Gasteiger partial charge in [-0.05, 0) is 48.2 Å². The number of halogens is 3. The molecule has 1 atom stereocenters. The van der Waals surface area contributed by atoms with Crippen LogP contribution in [-0.4, -0.2) is 17.4 Å². The smallest absolute Gasteiger partial charge is 0.227 e. The van der Waals surface area contributed by atoms with E-state index in [0.717, 1.165) is 18.4 Å². The minimum atomic E-state index is -0.271. The van der Waals surface area contributed by atoms with Crippen LogP contribution in [0.15, 0.2) is 42.5 Å². The first-order chi connectivity index (χ1) is 11.1. The van der Waals surface area contributed by atoms with Crippen LogP contribution in [0, 0.1) is 5.82 Å². The summed E-state index contributed by atoms with van der Waals surface area (Å²) in [5.41, 5.74) is 1.62. The fourth-order valence-corrected chi connectivity index (χ4v) is 3.58. The predicted octanol–water partition coefficient (Wildman–Crippen LogP) is 5.04. The van der Waals surface area contributed by atoms with Crippen LogP contribution >= 0.6 is 23.2 Å². The van der Waals surface area contributed by atoms with Crippen molar-refractivity contribution in [2.24, 2.45) is 0 Å². The van der Waals surface area contributed by atoms with Gasteiger partial charge < -0.3 is 4.90 Å². The molecule has 1 heterocycles. The lowest BCUT2D eigenvalue weighted by Gasteiger charge is -2.25. The molecule has 1 saturated heterocycles. The zero-order valence-corrected chi connectivity index (χ0v) is 13.9. The van der Waals surface area contributed by atoms with Crippen molar-refractivity contribution < 1.29 is 9.18 Å². The number of nitrogens with zero attached hydrogens (tertiary/aromatic N) is 1. The van der Waals surface area contributed by atoms with Crippen molar-refractivity contribution in [3.8, 4) is 0 Å². The van der Waals surface area contributed by atoms with Gasteiger partial charge >= 0.3 is 0 Å². The van der Waals surface area contributed by atoms with Crippen molar-refractivity contribution >= 4 is 29.1 Å². The summed E-state index contributed by atoms with van der Waals surface area (Å²) in [4.78, 5) is 14.5. The molecule has 0 bridgehead atoms. The average Bonchev–Trinajstić information content (AvgIpc) is 3.01. The molecule has 0 aliphatic carbocycles. The van der Waals surface area contributed by atoms with Crippen LogP contribution in [0.5, 0.6) is 0 Å². The Kier molecular flexibility index (Phi) is 4.88. The molecule has 5 heteroatoms. The molecule has 23 heavy (non-hydrogen) atoms. The van der Waals surface area contributed by atoms with Crippen LogP contribution in [0.25, 0.3) is 0 Å². The van der Waals surface area contributed by atoms with Crippen molar-refractivity contribution in [2.75, 3.05) is 6.54 Å². The van der Waals surface area contributed by atoms with Gasteiger partial charge in [-0.3, -0.25) is 4.79 Å². The molecule has 1 aliphatic rings. The van der Waals surface area contributed by atoms with E-state index in [4.69, 9.17) is 23.2 Å². The maximum atomic E-state index is 13.1. The number of likely N-dealkylation sites (tertiary alicyclic amines) is 1. The van der Waals surface area contributed by atoms with Crippen LogP contribution in [0.4, 0.5) is 4.39 Å². The minimum absolute atomic E-state index is 0.00757. The first-order valence-electron chi connectivity index (χ1n) is 7.54. The Bertz CT molecular complexity index is 697. The second-order valence-electron chi connectivity index (χ2n) is 5.67. The molecule has 0 spiro atoms. The van der Waals surface area contributed by atoms with Crippen molar-refractivity contribution in [1.82, 2.24) is 4.90 Å². The van der Waals surface area contributed by atoms with Gasteiger partial charge in [0, 0.05) is 16.6 Å². The molecule has 120 valence electrons. The highest BCUT2D eigenvalue weighted by molar-refractivity contribution is 6.36. The van der Waals surface area contributed by atoms with E-state index in [0.29, 0.717) is 22.2 Å². The summed E-state index contributed by atoms with van der Waals surface area (Å²) in [5, 5.41) is 1.01. The second kappa shape index (κ2) is 6.90. The number of hydrogen-bond donors (Lipinski definition) is 0. The van der Waals surface area contributed by atoms with Gasteiger partial charge in [-0.1, -0.05) is 41.4 Å². The molecule has 3 rings (SSSR count). The highest BCUT2D eigenvalue weighted by atomic mass is 35.5. The molecule has 1 fully saturated rings. The van der Waals surface area contributed by atoms with Gasteiger partial charge in [-0.2, -0.15) is 0 Å². The van der Waals surface area contributed by atoms with Crippen molar-refractivity contribution in [3.63, 3.8) is 0 Å². The van der Waals surface area contributed by atoms with Crippen LogP contribution in [0.3, 0.4) is 0 Å². The van der Waals surface area contributed by atoms with E-state index >= 15 is 0 Å². The summed E-state index contributed by atoms with van der Waals surface area (Å²) < 4.78 is 13.1. The van der Waals surface area contributed by atoms with E-state index in [1.165, 1.54) is 12.1 Å². The van der Waals surface area contributed by atoms with Gasteiger partial charge in [-0.15, -0.1) is 0 Å². The molecule has 0 saturated carbocycles. The largest absolute Gasteiger partial charge is 0.335 e. The molecule has 2 nitrogen and oxygen atoms in total. The van der Waals surface area contributed by atoms with Gasteiger partial charge in [0.1, 0.15) is 5.82 Å². The third-order valence-corrected chi connectivity index (χ3v) is 4.93. The fraction of sp³-hybridized carbons (Fsp3) is 0.278. The quantitative estimate of drug-likeness (QED) is 0.758. The van der Waals surface area contributed by atoms with Crippen LogP contribution in [0.2, 0.25) is 10.0 Å². The van der Waals surface area contributed by atoms with Crippen molar-refractivity contribution in [1.29, 1.82) is 0 Å². The maximum Gasteiger partial charge on any atom is 0.227 e. The van der Waals surface area contributed by atoms with E-state index in [1.54, 1.807) is 30.3 Å². The molecule has 0 N–H and O–H groups in total. The zero-order valence-electron chi connectivity index (χ0n) is 12.4. The Morgan fingerprint density at radius 2 is 1.78 bits per heavy atom. The number of amides is 1. The highest BCUT2D eigenvalue weighted by Crippen LogP contribution is 2.33. The maximum absolute atomic E-state index is 13.1. The third kappa shape index (κ3) is 3.51.